The first kappa shape index (κ1) is 26.2. The lowest BCUT2D eigenvalue weighted by Crippen LogP contribution is -2.45. The monoisotopic (exact) mass is 472 g/mol. The van der Waals surface area contributed by atoms with E-state index < -0.39 is 8.32 Å². The third-order valence-corrected chi connectivity index (χ3v) is 12.6. The van der Waals surface area contributed by atoms with Crippen molar-refractivity contribution in [3.8, 4) is 5.75 Å². The van der Waals surface area contributed by atoms with Gasteiger partial charge in [-0.2, -0.15) is 0 Å². The van der Waals surface area contributed by atoms with Crippen molar-refractivity contribution in [1.29, 1.82) is 0 Å². The fraction of sp³-hybridized carbons (Fsp3) is 0.679. The highest BCUT2D eigenvalue weighted by molar-refractivity contribution is 6.74. The molecule has 3 rings (SSSR count). The standard InChI is InChI=1S/C28H44O4Si/c1-28(2,3)33(5,6)32-27-18-23-16-22(17-25(23)26(27)19-29)10-8-7-9-15-31-20-21-11-13-24(30-4)14-12-21/h11-14,16,19,23,25-27H,7-10,15,17-18,20H2,1-6H3/t23-,25-,26+,27+/m0/s1. The topological polar surface area (TPSA) is 44.8 Å². The largest absolute Gasteiger partial charge is 0.497 e. The lowest BCUT2D eigenvalue weighted by atomic mass is 9.90. The summed E-state index contributed by atoms with van der Waals surface area (Å²) in [5.74, 6) is 1.92. The van der Waals surface area contributed by atoms with Gasteiger partial charge in [-0.1, -0.05) is 51.0 Å². The van der Waals surface area contributed by atoms with E-state index in [4.69, 9.17) is 13.9 Å². The second-order valence-corrected chi connectivity index (χ2v) is 16.2. The number of benzene rings is 1. The molecule has 4 atom stereocenters. The van der Waals surface area contributed by atoms with Crippen molar-refractivity contribution in [3.63, 3.8) is 0 Å². The van der Waals surface area contributed by atoms with Gasteiger partial charge < -0.3 is 18.7 Å². The molecule has 5 heteroatoms. The van der Waals surface area contributed by atoms with Crippen LogP contribution < -0.4 is 4.74 Å². The van der Waals surface area contributed by atoms with Gasteiger partial charge in [-0.25, -0.2) is 0 Å². The van der Waals surface area contributed by atoms with Crippen LogP contribution >= 0.6 is 0 Å². The molecule has 2 aliphatic rings. The molecule has 0 radical (unpaired) electrons. The fourth-order valence-corrected chi connectivity index (χ4v) is 6.38. The highest BCUT2D eigenvalue weighted by Gasteiger charge is 2.49. The molecule has 1 saturated carbocycles. The summed E-state index contributed by atoms with van der Waals surface area (Å²) in [5, 5.41) is 0.178. The van der Waals surface area contributed by atoms with E-state index in [-0.39, 0.29) is 17.1 Å². The molecule has 0 aromatic heterocycles. The summed E-state index contributed by atoms with van der Waals surface area (Å²) in [6.45, 7) is 12.9. The summed E-state index contributed by atoms with van der Waals surface area (Å²) in [5.41, 5.74) is 2.74. The van der Waals surface area contributed by atoms with Gasteiger partial charge in [0.1, 0.15) is 12.0 Å². The molecule has 0 heterocycles. The van der Waals surface area contributed by atoms with E-state index in [1.54, 1.807) is 12.7 Å². The Morgan fingerprint density at radius 1 is 1.09 bits per heavy atom. The Kier molecular flexibility index (Phi) is 8.99. The van der Waals surface area contributed by atoms with Gasteiger partial charge in [0.25, 0.3) is 0 Å². The molecule has 4 nitrogen and oxygen atoms in total. The van der Waals surface area contributed by atoms with E-state index >= 15 is 0 Å². The maximum atomic E-state index is 12.0. The molecule has 0 spiro atoms. The normalized spacial score (nSPS) is 25.1. The number of methoxy groups -OCH3 is 1. The van der Waals surface area contributed by atoms with Crippen molar-refractivity contribution in [2.45, 2.75) is 90.1 Å². The predicted molar refractivity (Wildman–Crippen MR) is 137 cm³/mol. The zero-order valence-corrected chi connectivity index (χ0v) is 22.6. The van der Waals surface area contributed by atoms with Crippen molar-refractivity contribution in [3.05, 3.63) is 41.5 Å². The summed E-state index contributed by atoms with van der Waals surface area (Å²) >= 11 is 0. The molecule has 0 aliphatic heterocycles. The molecule has 2 aliphatic carbocycles. The van der Waals surface area contributed by atoms with Crippen LogP contribution in [-0.2, 0) is 20.6 Å². The van der Waals surface area contributed by atoms with Crippen LogP contribution in [0.2, 0.25) is 18.1 Å². The smallest absolute Gasteiger partial charge is 0.192 e. The van der Waals surface area contributed by atoms with Gasteiger partial charge in [0.15, 0.2) is 8.32 Å². The highest BCUT2D eigenvalue weighted by atomic mass is 28.4. The van der Waals surface area contributed by atoms with E-state index in [1.165, 1.54) is 24.7 Å². The molecule has 0 bridgehead atoms. The van der Waals surface area contributed by atoms with Crippen LogP contribution in [0.15, 0.2) is 35.9 Å². The van der Waals surface area contributed by atoms with Gasteiger partial charge in [0.05, 0.1) is 19.8 Å². The Balaban J connectivity index is 1.35. The molecular formula is C28H44O4Si. The molecule has 0 N–H and O–H groups in total. The first-order valence-electron chi connectivity index (χ1n) is 12.7. The molecule has 1 fully saturated rings. The number of aldehydes is 1. The van der Waals surface area contributed by atoms with E-state index in [9.17, 15) is 4.79 Å². The van der Waals surface area contributed by atoms with Crippen LogP contribution in [0, 0.1) is 17.8 Å². The Bertz CT molecular complexity index is 793. The summed E-state index contributed by atoms with van der Waals surface area (Å²) < 4.78 is 17.7. The number of unbranched alkanes of at least 4 members (excludes halogenated alkanes) is 2. The van der Waals surface area contributed by atoms with Gasteiger partial charge in [-0.15, -0.1) is 0 Å². The Labute approximate surface area is 202 Å². The molecule has 0 unspecified atom stereocenters. The average molecular weight is 473 g/mol. The van der Waals surface area contributed by atoms with Crippen molar-refractivity contribution in [1.82, 2.24) is 0 Å². The number of fused-ring (bicyclic) bond motifs is 1. The fourth-order valence-electron chi connectivity index (χ4n) is 5.01. The molecule has 33 heavy (non-hydrogen) atoms. The minimum atomic E-state index is -1.85. The molecule has 1 aromatic carbocycles. The van der Waals surface area contributed by atoms with Gasteiger partial charge in [-0.05, 0) is 79.8 Å². The predicted octanol–water partition coefficient (Wildman–Crippen LogP) is 6.94. The number of hydrogen-bond donors (Lipinski definition) is 0. The van der Waals surface area contributed by atoms with Crippen LogP contribution in [0.5, 0.6) is 5.75 Å². The molecule has 1 aromatic rings. The summed E-state index contributed by atoms with van der Waals surface area (Å²) in [6, 6.07) is 8.05. The molecule has 0 amide bonds. The quantitative estimate of drug-likeness (QED) is 0.143. The van der Waals surface area contributed by atoms with E-state index in [0.29, 0.717) is 18.4 Å². The van der Waals surface area contributed by atoms with Crippen molar-refractivity contribution >= 4 is 14.6 Å². The number of carbonyl (C=O) groups is 1. The van der Waals surface area contributed by atoms with Crippen molar-refractivity contribution in [2.24, 2.45) is 17.8 Å². The first-order chi connectivity index (χ1) is 15.6. The molecule has 184 valence electrons. The second-order valence-electron chi connectivity index (χ2n) is 11.4. The van der Waals surface area contributed by atoms with Crippen molar-refractivity contribution in [2.75, 3.05) is 13.7 Å². The Hall–Kier alpha value is -1.43. The third kappa shape index (κ3) is 6.80. The third-order valence-electron chi connectivity index (χ3n) is 8.05. The number of hydrogen-bond acceptors (Lipinski definition) is 4. The number of allylic oxidation sites excluding steroid dienone is 2. The maximum Gasteiger partial charge on any atom is 0.192 e. The number of ether oxygens (including phenoxy) is 2. The SMILES string of the molecule is COc1ccc(COCCCCCC2=C[C@H]3C[C@@H](O[Si](C)(C)C(C)(C)C)[C@H](C=O)[C@H]3C2)cc1. The summed E-state index contributed by atoms with van der Waals surface area (Å²) in [6.07, 6.45) is 10.5. The van der Waals surface area contributed by atoms with Crippen LogP contribution in [0.3, 0.4) is 0 Å². The van der Waals surface area contributed by atoms with E-state index in [1.807, 2.05) is 12.1 Å². The highest BCUT2D eigenvalue weighted by Crippen LogP contribution is 2.50. The van der Waals surface area contributed by atoms with E-state index in [0.717, 1.165) is 38.0 Å². The molecular weight excluding hydrogens is 428 g/mol. The minimum absolute atomic E-state index is 0.0595. The minimum Gasteiger partial charge on any atom is -0.497 e. The zero-order chi connectivity index (χ0) is 24.1. The second kappa shape index (κ2) is 11.3. The first-order valence-corrected chi connectivity index (χ1v) is 15.6. The zero-order valence-electron chi connectivity index (χ0n) is 21.6. The Morgan fingerprint density at radius 3 is 2.45 bits per heavy atom. The maximum absolute atomic E-state index is 12.0. The average Bonchev–Trinajstić information content (AvgIpc) is 3.28. The van der Waals surface area contributed by atoms with Crippen molar-refractivity contribution < 1.29 is 18.7 Å². The summed E-state index contributed by atoms with van der Waals surface area (Å²) in [7, 11) is -0.171. The number of rotatable bonds is 12. The molecule has 0 saturated heterocycles. The van der Waals surface area contributed by atoms with Crippen LogP contribution in [-0.4, -0.2) is 34.4 Å². The number of carbonyl (C=O) groups excluding carboxylic acids is 1. The van der Waals surface area contributed by atoms with E-state index in [2.05, 4.69) is 52.1 Å². The van der Waals surface area contributed by atoms with Crippen LogP contribution in [0.25, 0.3) is 0 Å². The lowest BCUT2D eigenvalue weighted by molar-refractivity contribution is -0.114. The van der Waals surface area contributed by atoms with Crippen LogP contribution in [0.4, 0.5) is 0 Å². The lowest BCUT2D eigenvalue weighted by Gasteiger charge is -2.39. The van der Waals surface area contributed by atoms with Gasteiger partial charge in [-0.3, -0.25) is 0 Å². The van der Waals surface area contributed by atoms with Gasteiger partial charge in [0.2, 0.25) is 0 Å². The van der Waals surface area contributed by atoms with Crippen LogP contribution in [0.1, 0.15) is 64.9 Å². The van der Waals surface area contributed by atoms with Gasteiger partial charge >= 0.3 is 0 Å². The summed E-state index contributed by atoms with van der Waals surface area (Å²) in [4.78, 5) is 12.0. The Morgan fingerprint density at radius 2 is 1.82 bits per heavy atom. The van der Waals surface area contributed by atoms with Gasteiger partial charge in [0, 0.05) is 12.5 Å².